The topological polar surface area (TPSA) is 54.9 Å². The van der Waals surface area contributed by atoms with Crippen LogP contribution in [0.3, 0.4) is 0 Å². The summed E-state index contributed by atoms with van der Waals surface area (Å²) in [6.07, 6.45) is 4.08. The first-order valence-electron chi connectivity index (χ1n) is 10.1. The van der Waals surface area contributed by atoms with Gasteiger partial charge < -0.3 is 20.1 Å². The summed E-state index contributed by atoms with van der Waals surface area (Å²) >= 11 is 6.56. The lowest BCUT2D eigenvalue weighted by atomic mass is 9.74. The molecule has 0 bridgehead atoms. The highest BCUT2D eigenvalue weighted by Crippen LogP contribution is 2.38. The van der Waals surface area contributed by atoms with Crippen molar-refractivity contribution >= 4 is 17.6 Å². The molecule has 150 valence electrons. The molecule has 2 N–H and O–H groups in total. The van der Waals surface area contributed by atoms with E-state index >= 15 is 0 Å². The van der Waals surface area contributed by atoms with Crippen LogP contribution in [0, 0.1) is 0 Å². The van der Waals surface area contributed by atoms with Crippen molar-refractivity contribution in [3.8, 4) is 0 Å². The summed E-state index contributed by atoms with van der Waals surface area (Å²) in [6.45, 7) is 8.87. The second-order valence-corrected chi connectivity index (χ2v) is 8.23. The van der Waals surface area contributed by atoms with Crippen LogP contribution in [-0.2, 0) is 14.9 Å². The summed E-state index contributed by atoms with van der Waals surface area (Å²) in [6, 6.07) is 8.18. The Bertz CT molecular complexity index is 638. The molecule has 0 aromatic heterocycles. The third-order valence-electron chi connectivity index (χ3n) is 5.71. The first-order chi connectivity index (χ1) is 13.1. The fourth-order valence-corrected chi connectivity index (χ4v) is 4.33. The van der Waals surface area contributed by atoms with E-state index in [0.29, 0.717) is 6.54 Å². The van der Waals surface area contributed by atoms with E-state index in [4.69, 9.17) is 26.1 Å². The Hall–Kier alpha value is -1.30. The van der Waals surface area contributed by atoms with Crippen molar-refractivity contribution < 1.29 is 9.47 Å². The summed E-state index contributed by atoms with van der Waals surface area (Å²) in [5, 5.41) is 7.76. The Morgan fingerprint density at radius 3 is 2.59 bits per heavy atom. The minimum Gasteiger partial charge on any atom is -0.381 e. The van der Waals surface area contributed by atoms with Crippen molar-refractivity contribution in [3.05, 3.63) is 34.9 Å². The second-order valence-electron chi connectivity index (χ2n) is 7.82. The number of aliphatic imine (C=N–C) groups is 1. The van der Waals surface area contributed by atoms with E-state index in [2.05, 4.69) is 36.6 Å². The third kappa shape index (κ3) is 5.15. The molecule has 2 aliphatic heterocycles. The summed E-state index contributed by atoms with van der Waals surface area (Å²) in [5.41, 5.74) is 1.02. The molecule has 27 heavy (non-hydrogen) atoms. The second kappa shape index (κ2) is 9.26. The molecule has 0 radical (unpaired) electrons. The highest BCUT2D eigenvalue weighted by atomic mass is 35.5. The van der Waals surface area contributed by atoms with E-state index in [-0.39, 0.29) is 11.0 Å². The molecule has 0 amide bonds. The highest BCUT2D eigenvalue weighted by molar-refractivity contribution is 6.31. The maximum atomic E-state index is 6.56. The maximum Gasteiger partial charge on any atom is 0.191 e. The Kier molecular flexibility index (Phi) is 7.01. The number of guanidine groups is 1. The molecule has 5 nitrogen and oxygen atoms in total. The van der Waals surface area contributed by atoms with Gasteiger partial charge in [-0.2, -0.15) is 0 Å². The van der Waals surface area contributed by atoms with Gasteiger partial charge in [-0.15, -0.1) is 0 Å². The minimum atomic E-state index is -0.137. The van der Waals surface area contributed by atoms with Gasteiger partial charge in [0.2, 0.25) is 0 Å². The summed E-state index contributed by atoms with van der Waals surface area (Å²) in [5.74, 6) is 0.840. The maximum absolute atomic E-state index is 6.56. The summed E-state index contributed by atoms with van der Waals surface area (Å²) in [4.78, 5) is 4.80. The Balaban J connectivity index is 1.73. The van der Waals surface area contributed by atoms with E-state index in [9.17, 15) is 0 Å². The van der Waals surface area contributed by atoms with E-state index in [1.807, 2.05) is 12.1 Å². The number of nitrogens with zero attached hydrogens (tertiary/aromatic N) is 1. The Morgan fingerprint density at radius 1 is 1.15 bits per heavy atom. The molecule has 1 unspecified atom stereocenters. The molecule has 1 aromatic carbocycles. The van der Waals surface area contributed by atoms with Crippen LogP contribution in [0.2, 0.25) is 5.02 Å². The first kappa shape index (κ1) is 20.4. The zero-order valence-corrected chi connectivity index (χ0v) is 17.3. The number of benzene rings is 1. The van der Waals surface area contributed by atoms with Crippen molar-refractivity contribution in [2.45, 2.75) is 50.5 Å². The van der Waals surface area contributed by atoms with Crippen LogP contribution in [0.4, 0.5) is 0 Å². The largest absolute Gasteiger partial charge is 0.381 e. The molecule has 0 aliphatic carbocycles. The normalized spacial score (nSPS) is 25.4. The standard InChI is InChI=1S/C21H32ClN3O2/c1-3-23-19(24-15-20(2)9-6-12-27-20)25-16-21(10-13-26-14-11-21)17-7-4-5-8-18(17)22/h4-5,7-8H,3,6,9-16H2,1-2H3,(H2,23,24,25). The predicted octanol–water partition coefficient (Wildman–Crippen LogP) is 3.51. The molecule has 1 atom stereocenters. The monoisotopic (exact) mass is 393 g/mol. The van der Waals surface area contributed by atoms with Gasteiger partial charge in [-0.3, -0.25) is 4.99 Å². The smallest absolute Gasteiger partial charge is 0.191 e. The van der Waals surface area contributed by atoms with Gasteiger partial charge in [-0.05, 0) is 51.2 Å². The van der Waals surface area contributed by atoms with Crippen molar-refractivity contribution in [3.63, 3.8) is 0 Å². The van der Waals surface area contributed by atoms with Gasteiger partial charge in [0.05, 0.1) is 12.1 Å². The first-order valence-corrected chi connectivity index (χ1v) is 10.4. The van der Waals surface area contributed by atoms with Gasteiger partial charge >= 0.3 is 0 Å². The summed E-state index contributed by atoms with van der Waals surface area (Å²) in [7, 11) is 0. The van der Waals surface area contributed by atoms with Gasteiger partial charge in [-0.1, -0.05) is 29.8 Å². The molecular formula is C21H32ClN3O2. The fourth-order valence-electron chi connectivity index (χ4n) is 4.00. The van der Waals surface area contributed by atoms with E-state index in [1.165, 1.54) is 5.56 Å². The quantitative estimate of drug-likeness (QED) is 0.573. The van der Waals surface area contributed by atoms with Gasteiger partial charge in [0.25, 0.3) is 0 Å². The highest BCUT2D eigenvalue weighted by Gasteiger charge is 2.36. The molecule has 0 spiro atoms. The van der Waals surface area contributed by atoms with Crippen LogP contribution in [-0.4, -0.2) is 51.0 Å². The molecule has 2 saturated heterocycles. The molecule has 3 rings (SSSR count). The van der Waals surface area contributed by atoms with Gasteiger partial charge in [0.1, 0.15) is 0 Å². The van der Waals surface area contributed by atoms with Crippen LogP contribution in [0.1, 0.15) is 45.1 Å². The molecule has 2 fully saturated rings. The molecule has 6 heteroatoms. The van der Waals surface area contributed by atoms with E-state index in [0.717, 1.165) is 69.6 Å². The molecular weight excluding hydrogens is 362 g/mol. The van der Waals surface area contributed by atoms with Crippen LogP contribution in [0.5, 0.6) is 0 Å². The molecule has 2 heterocycles. The number of hydrogen-bond donors (Lipinski definition) is 2. The fraction of sp³-hybridized carbons (Fsp3) is 0.667. The van der Waals surface area contributed by atoms with Crippen molar-refractivity contribution in [1.29, 1.82) is 0 Å². The van der Waals surface area contributed by atoms with Crippen molar-refractivity contribution in [2.24, 2.45) is 4.99 Å². The zero-order valence-electron chi connectivity index (χ0n) is 16.5. The van der Waals surface area contributed by atoms with Gasteiger partial charge in [-0.25, -0.2) is 0 Å². The van der Waals surface area contributed by atoms with Gasteiger partial charge in [0.15, 0.2) is 5.96 Å². The molecule has 0 saturated carbocycles. The van der Waals surface area contributed by atoms with Crippen molar-refractivity contribution in [2.75, 3.05) is 39.5 Å². The lowest BCUT2D eigenvalue weighted by Gasteiger charge is -2.39. The van der Waals surface area contributed by atoms with Crippen molar-refractivity contribution in [1.82, 2.24) is 10.6 Å². The van der Waals surface area contributed by atoms with Crippen LogP contribution >= 0.6 is 11.6 Å². The number of rotatable bonds is 6. The van der Waals surface area contributed by atoms with Crippen LogP contribution in [0.15, 0.2) is 29.3 Å². The number of halogens is 1. The average molecular weight is 394 g/mol. The van der Waals surface area contributed by atoms with E-state index < -0.39 is 0 Å². The lowest BCUT2D eigenvalue weighted by molar-refractivity contribution is 0.0283. The zero-order chi connectivity index (χ0) is 19.2. The predicted molar refractivity (Wildman–Crippen MR) is 111 cm³/mol. The molecule has 1 aromatic rings. The number of nitrogens with one attached hydrogen (secondary N) is 2. The van der Waals surface area contributed by atoms with Crippen LogP contribution < -0.4 is 10.6 Å². The number of ether oxygens (including phenoxy) is 2. The number of hydrogen-bond acceptors (Lipinski definition) is 3. The minimum absolute atomic E-state index is 0.0411. The Labute approximate surface area is 167 Å². The average Bonchev–Trinajstić information content (AvgIpc) is 3.12. The summed E-state index contributed by atoms with van der Waals surface area (Å²) < 4.78 is 11.5. The SMILES string of the molecule is CCNC(=NCC1(C)CCCO1)NCC1(c2ccccc2Cl)CCOCC1. The van der Waals surface area contributed by atoms with Crippen LogP contribution in [0.25, 0.3) is 0 Å². The Morgan fingerprint density at radius 2 is 1.93 bits per heavy atom. The molecule has 2 aliphatic rings. The third-order valence-corrected chi connectivity index (χ3v) is 6.04. The lowest BCUT2D eigenvalue weighted by Crippen LogP contribution is -2.48. The van der Waals surface area contributed by atoms with Gasteiger partial charge in [0, 0.05) is 43.3 Å². The van der Waals surface area contributed by atoms with E-state index in [1.54, 1.807) is 0 Å².